The second kappa shape index (κ2) is 4.71. The Morgan fingerprint density at radius 2 is 2.11 bits per heavy atom. The fraction of sp³-hybridized carbons (Fsp3) is 0.0769. The Labute approximate surface area is 117 Å². The van der Waals surface area contributed by atoms with E-state index < -0.39 is 0 Å². The van der Waals surface area contributed by atoms with E-state index in [9.17, 15) is 0 Å². The maximum Gasteiger partial charge on any atom is 0.138 e. The van der Waals surface area contributed by atoms with Gasteiger partial charge in [-0.3, -0.25) is 0 Å². The quantitative estimate of drug-likeness (QED) is 0.725. The summed E-state index contributed by atoms with van der Waals surface area (Å²) in [6.45, 7) is 0. The average molecular weight is 323 g/mol. The van der Waals surface area contributed by atoms with Crippen LogP contribution in [-0.2, 0) is 6.42 Å². The van der Waals surface area contributed by atoms with Crippen molar-refractivity contribution in [3.63, 3.8) is 0 Å². The molecule has 0 radical (unpaired) electrons. The van der Waals surface area contributed by atoms with Gasteiger partial charge in [-0.15, -0.1) is 0 Å². The predicted molar refractivity (Wildman–Crippen MR) is 75.8 cm³/mol. The molecule has 0 atom stereocenters. The Bertz CT molecular complexity index is 691. The summed E-state index contributed by atoms with van der Waals surface area (Å²) in [6.07, 6.45) is 6.35. The molecule has 1 N–H and O–H groups in total. The summed E-state index contributed by atoms with van der Waals surface area (Å²) in [5.41, 5.74) is 3.20. The molecule has 5 heteroatoms. The van der Waals surface area contributed by atoms with Gasteiger partial charge >= 0.3 is 0 Å². The summed E-state index contributed by atoms with van der Waals surface area (Å²) in [5.74, 6) is 0. The van der Waals surface area contributed by atoms with E-state index in [-0.39, 0.29) is 0 Å². The van der Waals surface area contributed by atoms with Gasteiger partial charge in [0.15, 0.2) is 0 Å². The van der Waals surface area contributed by atoms with Crippen molar-refractivity contribution in [3.8, 4) is 0 Å². The lowest BCUT2D eigenvalue weighted by Crippen LogP contribution is -1.88. The summed E-state index contributed by atoms with van der Waals surface area (Å²) in [5, 5.41) is 1.63. The summed E-state index contributed by atoms with van der Waals surface area (Å²) >= 11 is 9.33. The molecule has 3 aromatic rings. The zero-order chi connectivity index (χ0) is 12.5. The third kappa shape index (κ3) is 2.13. The van der Waals surface area contributed by atoms with Crippen LogP contribution in [0.2, 0.25) is 5.15 Å². The molecular weight excluding hydrogens is 314 g/mol. The van der Waals surface area contributed by atoms with Crippen molar-refractivity contribution >= 4 is 38.6 Å². The van der Waals surface area contributed by atoms with Crippen molar-refractivity contribution in [1.29, 1.82) is 0 Å². The zero-order valence-corrected chi connectivity index (χ0v) is 11.7. The van der Waals surface area contributed by atoms with Crippen LogP contribution in [0.3, 0.4) is 0 Å². The standard InChI is InChI=1S/C13H9BrClN3/c14-10-3-4-16-13-12(10)9(7-18-13)5-8-1-2-11(15)17-6-8/h1-4,6-7H,5H2,(H,16,18). The van der Waals surface area contributed by atoms with Gasteiger partial charge in [-0.25, -0.2) is 9.97 Å². The normalized spacial score (nSPS) is 11.0. The van der Waals surface area contributed by atoms with Crippen LogP contribution < -0.4 is 0 Å². The van der Waals surface area contributed by atoms with Gasteiger partial charge in [0.25, 0.3) is 0 Å². The Hall–Kier alpha value is -1.39. The number of hydrogen-bond donors (Lipinski definition) is 1. The number of nitrogens with one attached hydrogen (secondary N) is 1. The lowest BCUT2D eigenvalue weighted by Gasteiger charge is -2.01. The highest BCUT2D eigenvalue weighted by atomic mass is 79.9. The van der Waals surface area contributed by atoms with Crippen LogP contribution in [0.15, 0.2) is 41.3 Å². The van der Waals surface area contributed by atoms with Gasteiger partial charge in [0, 0.05) is 34.9 Å². The first-order chi connectivity index (χ1) is 8.74. The second-order valence-electron chi connectivity index (χ2n) is 4.00. The number of rotatable bonds is 2. The number of hydrogen-bond acceptors (Lipinski definition) is 2. The van der Waals surface area contributed by atoms with Crippen molar-refractivity contribution in [2.75, 3.05) is 0 Å². The lowest BCUT2D eigenvalue weighted by atomic mass is 10.1. The topological polar surface area (TPSA) is 41.6 Å². The SMILES string of the molecule is Clc1ccc(Cc2c[nH]c3nccc(Br)c23)cn1. The van der Waals surface area contributed by atoms with Crippen LogP contribution in [0, 0.1) is 0 Å². The van der Waals surface area contributed by atoms with Crippen LogP contribution in [-0.4, -0.2) is 15.0 Å². The molecule has 90 valence electrons. The molecule has 0 aromatic carbocycles. The van der Waals surface area contributed by atoms with Gasteiger partial charge in [0.05, 0.1) is 0 Å². The monoisotopic (exact) mass is 321 g/mol. The van der Waals surface area contributed by atoms with Crippen molar-refractivity contribution in [1.82, 2.24) is 15.0 Å². The second-order valence-corrected chi connectivity index (χ2v) is 5.24. The highest BCUT2D eigenvalue weighted by molar-refractivity contribution is 9.10. The van der Waals surface area contributed by atoms with Crippen LogP contribution in [0.4, 0.5) is 0 Å². The molecule has 3 heterocycles. The Kier molecular flexibility index (Phi) is 3.06. The molecular formula is C13H9BrClN3. The fourth-order valence-electron chi connectivity index (χ4n) is 1.95. The van der Waals surface area contributed by atoms with E-state index in [1.54, 1.807) is 18.5 Å². The highest BCUT2D eigenvalue weighted by Gasteiger charge is 2.08. The maximum atomic E-state index is 5.78. The molecule has 0 bridgehead atoms. The molecule has 0 fully saturated rings. The van der Waals surface area contributed by atoms with Crippen molar-refractivity contribution < 1.29 is 0 Å². The van der Waals surface area contributed by atoms with Crippen LogP contribution in [0.1, 0.15) is 11.1 Å². The summed E-state index contributed by atoms with van der Waals surface area (Å²) in [4.78, 5) is 11.6. The number of nitrogens with zero attached hydrogens (tertiary/aromatic N) is 2. The van der Waals surface area contributed by atoms with E-state index >= 15 is 0 Å². The minimum Gasteiger partial charge on any atom is -0.346 e. The average Bonchev–Trinajstić information content (AvgIpc) is 2.77. The van der Waals surface area contributed by atoms with Crippen molar-refractivity contribution in [3.05, 3.63) is 57.5 Å². The van der Waals surface area contributed by atoms with E-state index in [4.69, 9.17) is 11.6 Å². The van der Waals surface area contributed by atoms with Gasteiger partial charge in [0.1, 0.15) is 10.8 Å². The first-order valence-corrected chi connectivity index (χ1v) is 6.62. The Morgan fingerprint density at radius 3 is 2.89 bits per heavy atom. The summed E-state index contributed by atoms with van der Waals surface area (Å²) < 4.78 is 1.05. The van der Waals surface area contributed by atoms with E-state index in [0.29, 0.717) is 5.15 Å². The number of fused-ring (bicyclic) bond motifs is 1. The minimum absolute atomic E-state index is 0.514. The first kappa shape index (κ1) is 11.7. The number of halogens is 2. The fourth-order valence-corrected chi connectivity index (χ4v) is 2.62. The molecule has 3 rings (SSSR count). The molecule has 18 heavy (non-hydrogen) atoms. The van der Waals surface area contributed by atoms with E-state index in [2.05, 4.69) is 30.9 Å². The molecule has 0 spiro atoms. The highest BCUT2D eigenvalue weighted by Crippen LogP contribution is 2.27. The van der Waals surface area contributed by atoms with Gasteiger partial charge < -0.3 is 4.98 Å². The molecule has 0 unspecified atom stereocenters. The van der Waals surface area contributed by atoms with Crippen LogP contribution >= 0.6 is 27.5 Å². The van der Waals surface area contributed by atoms with Gasteiger partial charge in [-0.1, -0.05) is 17.7 Å². The van der Waals surface area contributed by atoms with Gasteiger partial charge in [-0.2, -0.15) is 0 Å². The van der Waals surface area contributed by atoms with Crippen molar-refractivity contribution in [2.45, 2.75) is 6.42 Å². The van der Waals surface area contributed by atoms with E-state index in [1.165, 1.54) is 5.56 Å². The number of pyridine rings is 2. The van der Waals surface area contributed by atoms with E-state index in [1.807, 2.05) is 18.3 Å². The predicted octanol–water partition coefficient (Wildman–Crippen LogP) is 3.96. The number of aromatic nitrogens is 3. The van der Waals surface area contributed by atoms with Gasteiger partial charge in [0.2, 0.25) is 0 Å². The molecule has 0 aliphatic rings. The maximum absolute atomic E-state index is 5.78. The smallest absolute Gasteiger partial charge is 0.138 e. The summed E-state index contributed by atoms with van der Waals surface area (Å²) in [7, 11) is 0. The van der Waals surface area contributed by atoms with E-state index in [0.717, 1.165) is 27.5 Å². The molecule has 0 aliphatic heterocycles. The Balaban J connectivity index is 2.02. The number of aromatic amines is 1. The minimum atomic E-state index is 0.514. The molecule has 3 aromatic heterocycles. The molecule has 0 saturated carbocycles. The van der Waals surface area contributed by atoms with Crippen molar-refractivity contribution in [2.24, 2.45) is 0 Å². The molecule has 0 amide bonds. The summed E-state index contributed by atoms with van der Waals surface area (Å²) in [6, 6.07) is 5.73. The first-order valence-electron chi connectivity index (χ1n) is 5.45. The lowest BCUT2D eigenvalue weighted by molar-refractivity contribution is 1.15. The third-order valence-corrected chi connectivity index (χ3v) is 3.67. The molecule has 0 saturated heterocycles. The van der Waals surface area contributed by atoms with Gasteiger partial charge in [-0.05, 0) is 39.2 Å². The largest absolute Gasteiger partial charge is 0.346 e. The van der Waals surface area contributed by atoms with Crippen LogP contribution in [0.25, 0.3) is 11.0 Å². The molecule has 3 nitrogen and oxygen atoms in total. The third-order valence-electron chi connectivity index (χ3n) is 2.79. The molecule has 0 aliphatic carbocycles. The van der Waals surface area contributed by atoms with Crippen LogP contribution in [0.5, 0.6) is 0 Å². The Morgan fingerprint density at radius 1 is 1.22 bits per heavy atom. The zero-order valence-electron chi connectivity index (χ0n) is 9.32. The number of H-pyrrole nitrogens is 1.